The molecule has 1 aliphatic heterocycles. The Labute approximate surface area is 102 Å². The Kier molecular flexibility index (Phi) is 5.19. The molecule has 1 aromatic rings. The standard InChI is InChI=1S/C13H19NOS/c1-2-5-13(6-3-1)16-12-4-7-14-8-10-15-11-9-14/h1-3,5-6H,4,7-12H2/p+1. The lowest BCUT2D eigenvalue weighted by Crippen LogP contribution is -3.14. The maximum absolute atomic E-state index is 5.35. The van der Waals surface area contributed by atoms with Crippen LogP contribution in [0, 0.1) is 0 Å². The number of quaternary nitrogens is 1. The second-order valence-electron chi connectivity index (χ2n) is 4.13. The van der Waals surface area contributed by atoms with Gasteiger partial charge in [0.2, 0.25) is 0 Å². The third-order valence-electron chi connectivity index (χ3n) is 2.89. The van der Waals surface area contributed by atoms with Gasteiger partial charge in [0.05, 0.1) is 19.8 Å². The molecule has 1 saturated heterocycles. The number of thioether (sulfide) groups is 1. The fourth-order valence-electron chi connectivity index (χ4n) is 1.94. The van der Waals surface area contributed by atoms with Gasteiger partial charge < -0.3 is 9.64 Å². The predicted octanol–water partition coefficient (Wildman–Crippen LogP) is 1.08. The zero-order valence-electron chi connectivity index (χ0n) is 9.65. The fourth-order valence-corrected chi connectivity index (χ4v) is 2.81. The van der Waals surface area contributed by atoms with E-state index in [1.54, 1.807) is 4.90 Å². The number of ether oxygens (including phenoxy) is 1. The molecule has 0 unspecified atom stereocenters. The smallest absolute Gasteiger partial charge is 0.101 e. The maximum Gasteiger partial charge on any atom is 0.101 e. The van der Waals surface area contributed by atoms with Crippen LogP contribution < -0.4 is 4.90 Å². The van der Waals surface area contributed by atoms with Crippen LogP contribution in [-0.2, 0) is 4.74 Å². The van der Waals surface area contributed by atoms with Gasteiger partial charge in [0.1, 0.15) is 13.1 Å². The first-order chi connectivity index (χ1) is 7.95. The summed E-state index contributed by atoms with van der Waals surface area (Å²) in [6, 6.07) is 10.7. The average molecular weight is 238 g/mol. The van der Waals surface area contributed by atoms with Gasteiger partial charge in [-0.1, -0.05) is 18.2 Å². The number of hydrogen-bond acceptors (Lipinski definition) is 2. The molecular formula is C13H20NOS+. The third-order valence-corrected chi connectivity index (χ3v) is 3.98. The van der Waals surface area contributed by atoms with Crippen molar-refractivity contribution in [3.63, 3.8) is 0 Å². The second kappa shape index (κ2) is 6.94. The number of hydrogen-bond donors (Lipinski definition) is 1. The SMILES string of the molecule is c1ccc(SCCC[NH+]2CCOCC2)cc1. The number of morpholine rings is 1. The van der Waals surface area contributed by atoms with Crippen molar-refractivity contribution in [2.75, 3.05) is 38.6 Å². The lowest BCUT2D eigenvalue weighted by molar-refractivity contribution is -0.908. The molecule has 16 heavy (non-hydrogen) atoms. The number of benzene rings is 1. The van der Waals surface area contributed by atoms with Crippen molar-refractivity contribution in [1.29, 1.82) is 0 Å². The highest BCUT2D eigenvalue weighted by molar-refractivity contribution is 7.99. The zero-order chi connectivity index (χ0) is 11.1. The van der Waals surface area contributed by atoms with Crippen LogP contribution in [-0.4, -0.2) is 38.6 Å². The van der Waals surface area contributed by atoms with Crippen LogP contribution in [0.4, 0.5) is 0 Å². The van der Waals surface area contributed by atoms with Gasteiger partial charge in [-0.3, -0.25) is 0 Å². The Bertz CT molecular complexity index is 285. The molecule has 1 aromatic carbocycles. The summed E-state index contributed by atoms with van der Waals surface area (Å²) in [7, 11) is 0. The Morgan fingerprint density at radius 3 is 2.62 bits per heavy atom. The van der Waals surface area contributed by atoms with E-state index in [-0.39, 0.29) is 0 Å². The van der Waals surface area contributed by atoms with Crippen molar-refractivity contribution < 1.29 is 9.64 Å². The highest BCUT2D eigenvalue weighted by atomic mass is 32.2. The summed E-state index contributed by atoms with van der Waals surface area (Å²) in [5.74, 6) is 1.23. The molecule has 1 aliphatic rings. The van der Waals surface area contributed by atoms with Crippen molar-refractivity contribution in [2.24, 2.45) is 0 Å². The Morgan fingerprint density at radius 1 is 1.12 bits per heavy atom. The maximum atomic E-state index is 5.35. The first-order valence-electron chi connectivity index (χ1n) is 6.04. The van der Waals surface area contributed by atoms with E-state index in [0.717, 1.165) is 13.2 Å². The quantitative estimate of drug-likeness (QED) is 0.609. The molecule has 2 nitrogen and oxygen atoms in total. The summed E-state index contributed by atoms with van der Waals surface area (Å²) >= 11 is 1.96. The summed E-state index contributed by atoms with van der Waals surface area (Å²) in [5.41, 5.74) is 0. The van der Waals surface area contributed by atoms with E-state index in [4.69, 9.17) is 4.74 Å². The largest absolute Gasteiger partial charge is 0.370 e. The summed E-state index contributed by atoms with van der Waals surface area (Å²) in [6.45, 7) is 5.57. The van der Waals surface area contributed by atoms with Crippen LogP contribution in [0.5, 0.6) is 0 Å². The van der Waals surface area contributed by atoms with Gasteiger partial charge in [-0.25, -0.2) is 0 Å². The van der Waals surface area contributed by atoms with Crippen molar-refractivity contribution in [3.8, 4) is 0 Å². The molecule has 2 rings (SSSR count). The molecule has 0 aromatic heterocycles. The fraction of sp³-hybridized carbons (Fsp3) is 0.538. The monoisotopic (exact) mass is 238 g/mol. The first kappa shape index (κ1) is 12.0. The zero-order valence-corrected chi connectivity index (χ0v) is 10.5. The van der Waals surface area contributed by atoms with Gasteiger partial charge in [0.25, 0.3) is 0 Å². The molecule has 0 radical (unpaired) electrons. The van der Waals surface area contributed by atoms with E-state index < -0.39 is 0 Å². The summed E-state index contributed by atoms with van der Waals surface area (Å²) in [6.07, 6.45) is 1.30. The molecule has 1 N–H and O–H groups in total. The highest BCUT2D eigenvalue weighted by Crippen LogP contribution is 2.16. The van der Waals surface area contributed by atoms with Crippen molar-refractivity contribution in [1.82, 2.24) is 0 Å². The van der Waals surface area contributed by atoms with Gasteiger partial charge in [-0.15, -0.1) is 11.8 Å². The van der Waals surface area contributed by atoms with Crippen LogP contribution in [0.3, 0.4) is 0 Å². The van der Waals surface area contributed by atoms with Crippen molar-refractivity contribution in [2.45, 2.75) is 11.3 Å². The molecule has 0 saturated carbocycles. The van der Waals surface area contributed by atoms with Gasteiger partial charge >= 0.3 is 0 Å². The van der Waals surface area contributed by atoms with Crippen LogP contribution in [0.2, 0.25) is 0 Å². The Morgan fingerprint density at radius 2 is 1.88 bits per heavy atom. The molecule has 0 amide bonds. The van der Waals surface area contributed by atoms with E-state index in [9.17, 15) is 0 Å². The highest BCUT2D eigenvalue weighted by Gasteiger charge is 2.12. The molecule has 0 atom stereocenters. The minimum Gasteiger partial charge on any atom is -0.370 e. The minimum atomic E-state index is 0.946. The topological polar surface area (TPSA) is 13.7 Å². The van der Waals surface area contributed by atoms with Gasteiger partial charge in [0, 0.05) is 17.1 Å². The van der Waals surface area contributed by atoms with E-state index in [1.807, 2.05) is 11.8 Å². The molecule has 1 fully saturated rings. The molecule has 88 valence electrons. The van der Waals surface area contributed by atoms with Crippen LogP contribution in [0.15, 0.2) is 35.2 Å². The van der Waals surface area contributed by atoms with E-state index in [0.29, 0.717) is 0 Å². The van der Waals surface area contributed by atoms with Crippen molar-refractivity contribution in [3.05, 3.63) is 30.3 Å². The first-order valence-corrected chi connectivity index (χ1v) is 7.03. The normalized spacial score (nSPS) is 17.5. The van der Waals surface area contributed by atoms with Gasteiger partial charge in [-0.05, 0) is 12.1 Å². The van der Waals surface area contributed by atoms with E-state index in [2.05, 4.69) is 30.3 Å². The van der Waals surface area contributed by atoms with Crippen molar-refractivity contribution >= 4 is 11.8 Å². The van der Waals surface area contributed by atoms with E-state index >= 15 is 0 Å². The van der Waals surface area contributed by atoms with Crippen LogP contribution in [0.1, 0.15) is 6.42 Å². The summed E-state index contributed by atoms with van der Waals surface area (Å²) in [5, 5.41) is 0. The predicted molar refractivity (Wildman–Crippen MR) is 68.2 cm³/mol. The molecule has 0 bridgehead atoms. The second-order valence-corrected chi connectivity index (χ2v) is 5.30. The average Bonchev–Trinajstić information content (AvgIpc) is 2.37. The number of nitrogens with one attached hydrogen (secondary N) is 1. The number of rotatable bonds is 5. The molecule has 1 heterocycles. The van der Waals surface area contributed by atoms with E-state index in [1.165, 1.54) is 36.7 Å². The van der Waals surface area contributed by atoms with Crippen LogP contribution >= 0.6 is 11.8 Å². The van der Waals surface area contributed by atoms with Gasteiger partial charge in [-0.2, -0.15) is 0 Å². The lowest BCUT2D eigenvalue weighted by Gasteiger charge is -2.23. The Balaban J connectivity index is 1.58. The minimum absolute atomic E-state index is 0.946. The molecule has 0 aliphatic carbocycles. The molecule has 0 spiro atoms. The van der Waals surface area contributed by atoms with Crippen LogP contribution in [0.25, 0.3) is 0 Å². The lowest BCUT2D eigenvalue weighted by atomic mass is 10.3. The van der Waals surface area contributed by atoms with Gasteiger partial charge in [0.15, 0.2) is 0 Å². The third kappa shape index (κ3) is 4.16. The summed E-state index contributed by atoms with van der Waals surface area (Å²) < 4.78 is 5.35. The summed E-state index contributed by atoms with van der Waals surface area (Å²) in [4.78, 5) is 3.10. The Hall–Kier alpha value is -0.510. The molecular weight excluding hydrogens is 218 g/mol. The molecule has 3 heteroatoms.